The highest BCUT2D eigenvalue weighted by Crippen LogP contribution is 2.27. The molecule has 0 saturated carbocycles. The number of ketones is 1. The predicted octanol–water partition coefficient (Wildman–Crippen LogP) is 5.47. The summed E-state index contributed by atoms with van der Waals surface area (Å²) in [4.78, 5) is 29.1. The second-order valence-corrected chi connectivity index (χ2v) is 7.13. The average Bonchev–Trinajstić information content (AvgIpc) is 2.82. The fourth-order valence-electron chi connectivity index (χ4n) is 3.32. The Morgan fingerprint density at radius 1 is 0.903 bits per heavy atom. The first-order valence-electron chi connectivity index (χ1n) is 9.86. The average molecular weight is 411 g/mol. The Morgan fingerprint density at radius 3 is 2.29 bits per heavy atom. The molecule has 5 heteroatoms. The van der Waals surface area contributed by atoms with Gasteiger partial charge in [0.05, 0.1) is 23.9 Å². The van der Waals surface area contributed by atoms with Crippen LogP contribution < -0.4 is 4.74 Å². The van der Waals surface area contributed by atoms with Gasteiger partial charge in [0.25, 0.3) is 0 Å². The van der Waals surface area contributed by atoms with E-state index in [9.17, 15) is 9.59 Å². The van der Waals surface area contributed by atoms with Crippen molar-refractivity contribution in [3.63, 3.8) is 0 Å². The van der Waals surface area contributed by atoms with Crippen LogP contribution in [0.1, 0.15) is 33.2 Å². The smallest absolute Gasteiger partial charge is 0.339 e. The lowest BCUT2D eigenvalue weighted by Gasteiger charge is -2.11. The summed E-state index contributed by atoms with van der Waals surface area (Å²) < 4.78 is 10.8. The zero-order valence-corrected chi connectivity index (χ0v) is 17.3. The van der Waals surface area contributed by atoms with E-state index in [1.165, 1.54) is 6.92 Å². The number of hydrogen-bond donors (Lipinski definition) is 0. The Morgan fingerprint density at radius 2 is 1.61 bits per heavy atom. The van der Waals surface area contributed by atoms with Gasteiger partial charge in [-0.1, -0.05) is 42.5 Å². The van der Waals surface area contributed by atoms with Crippen LogP contribution in [0.25, 0.3) is 22.2 Å². The summed E-state index contributed by atoms with van der Waals surface area (Å²) in [6, 6.07) is 23.8. The summed E-state index contributed by atoms with van der Waals surface area (Å²) >= 11 is 0. The molecule has 0 radical (unpaired) electrons. The topological polar surface area (TPSA) is 65.5 Å². The van der Waals surface area contributed by atoms with Gasteiger partial charge in [0.2, 0.25) is 0 Å². The number of methoxy groups -OCH3 is 1. The Kier molecular flexibility index (Phi) is 5.76. The Labute approximate surface area is 180 Å². The first-order valence-corrected chi connectivity index (χ1v) is 9.86. The van der Waals surface area contributed by atoms with E-state index >= 15 is 0 Å². The van der Waals surface area contributed by atoms with Gasteiger partial charge < -0.3 is 9.47 Å². The normalized spacial score (nSPS) is 10.6. The standard InChI is InChI=1S/C26H21NO4/c1-17(28)19-9-7-18(8-10-19)16-31-26(29)23-15-25(20-11-13-21(30-2)14-12-20)27-24-6-4-3-5-22(23)24/h3-15H,16H2,1-2H3. The number of esters is 1. The highest BCUT2D eigenvalue weighted by molar-refractivity contribution is 6.04. The number of benzene rings is 3. The number of pyridine rings is 1. The molecule has 4 aromatic rings. The van der Waals surface area contributed by atoms with Crippen molar-refractivity contribution in [2.24, 2.45) is 0 Å². The summed E-state index contributed by atoms with van der Waals surface area (Å²) in [5.41, 5.74) is 4.16. The van der Waals surface area contributed by atoms with E-state index in [-0.39, 0.29) is 12.4 Å². The van der Waals surface area contributed by atoms with Crippen molar-refractivity contribution in [3.05, 3.63) is 95.6 Å². The van der Waals surface area contributed by atoms with Crippen molar-refractivity contribution in [3.8, 4) is 17.0 Å². The van der Waals surface area contributed by atoms with Crippen LogP contribution in [0.5, 0.6) is 5.75 Å². The third-order valence-electron chi connectivity index (χ3n) is 5.05. The highest BCUT2D eigenvalue weighted by Gasteiger charge is 2.15. The number of carbonyl (C=O) groups is 2. The number of hydrogen-bond acceptors (Lipinski definition) is 5. The number of Topliss-reactive ketones (excluding diaryl/α,β-unsaturated/α-hetero) is 1. The molecule has 0 aliphatic heterocycles. The maximum absolute atomic E-state index is 13.0. The lowest BCUT2D eigenvalue weighted by atomic mass is 10.0. The molecule has 0 spiro atoms. The molecule has 0 N–H and O–H groups in total. The number of ether oxygens (including phenoxy) is 2. The van der Waals surface area contributed by atoms with E-state index in [2.05, 4.69) is 0 Å². The Balaban J connectivity index is 1.63. The minimum atomic E-state index is -0.427. The van der Waals surface area contributed by atoms with Crippen molar-refractivity contribution in [2.45, 2.75) is 13.5 Å². The maximum Gasteiger partial charge on any atom is 0.339 e. The van der Waals surface area contributed by atoms with Crippen LogP contribution in [0.2, 0.25) is 0 Å². The van der Waals surface area contributed by atoms with Gasteiger partial charge in [-0.05, 0) is 48.9 Å². The van der Waals surface area contributed by atoms with Crippen LogP contribution in [0.3, 0.4) is 0 Å². The molecule has 0 unspecified atom stereocenters. The van der Waals surface area contributed by atoms with Crippen molar-refractivity contribution in [1.82, 2.24) is 4.98 Å². The van der Waals surface area contributed by atoms with E-state index in [0.29, 0.717) is 22.3 Å². The zero-order chi connectivity index (χ0) is 21.8. The van der Waals surface area contributed by atoms with E-state index in [0.717, 1.165) is 22.3 Å². The van der Waals surface area contributed by atoms with Crippen LogP contribution in [0, 0.1) is 0 Å². The lowest BCUT2D eigenvalue weighted by Crippen LogP contribution is -2.07. The quantitative estimate of drug-likeness (QED) is 0.311. The van der Waals surface area contributed by atoms with E-state index < -0.39 is 5.97 Å². The second kappa shape index (κ2) is 8.79. The molecule has 1 heterocycles. The van der Waals surface area contributed by atoms with Crippen LogP contribution in [0.15, 0.2) is 78.9 Å². The van der Waals surface area contributed by atoms with Gasteiger partial charge in [-0.25, -0.2) is 9.78 Å². The van der Waals surface area contributed by atoms with E-state index in [4.69, 9.17) is 14.5 Å². The summed E-state index contributed by atoms with van der Waals surface area (Å²) in [6.45, 7) is 1.63. The van der Waals surface area contributed by atoms with Gasteiger partial charge in [0.15, 0.2) is 5.78 Å². The van der Waals surface area contributed by atoms with Gasteiger partial charge in [0.1, 0.15) is 12.4 Å². The molecular formula is C26H21NO4. The van der Waals surface area contributed by atoms with E-state index in [1.807, 2.05) is 48.5 Å². The lowest BCUT2D eigenvalue weighted by molar-refractivity contribution is 0.0475. The summed E-state index contributed by atoms with van der Waals surface area (Å²) in [5, 5.41) is 0.733. The van der Waals surface area contributed by atoms with Crippen molar-refractivity contribution in [2.75, 3.05) is 7.11 Å². The number of aromatic nitrogens is 1. The molecule has 0 bridgehead atoms. The number of nitrogens with zero attached hydrogens (tertiary/aromatic N) is 1. The number of para-hydroxylation sites is 1. The molecule has 1 aromatic heterocycles. The largest absolute Gasteiger partial charge is 0.497 e. The number of rotatable bonds is 6. The zero-order valence-electron chi connectivity index (χ0n) is 17.3. The molecule has 0 aliphatic rings. The Hall–Kier alpha value is -3.99. The molecule has 0 aliphatic carbocycles. The third-order valence-corrected chi connectivity index (χ3v) is 5.05. The maximum atomic E-state index is 13.0. The molecular weight excluding hydrogens is 390 g/mol. The monoisotopic (exact) mass is 411 g/mol. The van der Waals surface area contributed by atoms with E-state index in [1.54, 1.807) is 37.4 Å². The first kappa shape index (κ1) is 20.3. The Bertz CT molecular complexity index is 1240. The molecule has 154 valence electrons. The molecule has 0 saturated heterocycles. The van der Waals surface area contributed by atoms with Gasteiger partial charge in [-0.15, -0.1) is 0 Å². The third kappa shape index (κ3) is 4.46. The highest BCUT2D eigenvalue weighted by atomic mass is 16.5. The minimum absolute atomic E-state index is 0.00198. The van der Waals surface area contributed by atoms with Crippen LogP contribution in [-0.2, 0) is 11.3 Å². The summed E-state index contributed by atoms with van der Waals surface area (Å²) in [6.07, 6.45) is 0. The van der Waals surface area contributed by atoms with Crippen LogP contribution >= 0.6 is 0 Å². The molecule has 5 nitrogen and oxygen atoms in total. The predicted molar refractivity (Wildman–Crippen MR) is 119 cm³/mol. The first-order chi connectivity index (χ1) is 15.0. The fraction of sp³-hybridized carbons (Fsp3) is 0.115. The molecule has 0 fully saturated rings. The fourth-order valence-corrected chi connectivity index (χ4v) is 3.32. The van der Waals surface area contributed by atoms with Gasteiger partial charge >= 0.3 is 5.97 Å². The van der Waals surface area contributed by atoms with Crippen molar-refractivity contribution >= 4 is 22.7 Å². The van der Waals surface area contributed by atoms with Crippen molar-refractivity contribution in [1.29, 1.82) is 0 Å². The summed E-state index contributed by atoms with van der Waals surface area (Å²) in [5.74, 6) is 0.321. The van der Waals surface area contributed by atoms with Crippen molar-refractivity contribution < 1.29 is 19.1 Å². The van der Waals surface area contributed by atoms with Gasteiger partial charge in [0, 0.05) is 16.5 Å². The second-order valence-electron chi connectivity index (χ2n) is 7.13. The van der Waals surface area contributed by atoms with Gasteiger partial charge in [-0.3, -0.25) is 4.79 Å². The molecule has 3 aromatic carbocycles. The summed E-state index contributed by atoms with van der Waals surface area (Å²) in [7, 11) is 1.62. The number of fused-ring (bicyclic) bond motifs is 1. The minimum Gasteiger partial charge on any atom is -0.497 e. The number of carbonyl (C=O) groups excluding carboxylic acids is 2. The SMILES string of the molecule is COc1ccc(-c2cc(C(=O)OCc3ccc(C(C)=O)cc3)c3ccccc3n2)cc1. The van der Waals surface area contributed by atoms with Crippen LogP contribution in [0.4, 0.5) is 0 Å². The van der Waals surface area contributed by atoms with Crippen LogP contribution in [-0.4, -0.2) is 23.8 Å². The molecule has 31 heavy (non-hydrogen) atoms. The molecule has 0 amide bonds. The molecule has 0 atom stereocenters. The van der Waals surface area contributed by atoms with Gasteiger partial charge in [-0.2, -0.15) is 0 Å². The molecule has 4 rings (SSSR count).